The van der Waals surface area contributed by atoms with Crippen LogP contribution in [-0.2, 0) is 12.8 Å². The summed E-state index contributed by atoms with van der Waals surface area (Å²) in [6.45, 7) is 4.54. The monoisotopic (exact) mass is 235 g/mol. The molecule has 0 aliphatic heterocycles. The number of hydrogen-bond acceptors (Lipinski definition) is 0. The van der Waals surface area contributed by atoms with Crippen LogP contribution < -0.4 is 0 Å². The second-order valence-corrected chi connectivity index (χ2v) is 5.48. The smallest absolute Gasteiger partial charge is 0.0500 e. The molecule has 2 aromatic carbocycles. The van der Waals surface area contributed by atoms with Gasteiger partial charge >= 0.3 is 0 Å². The lowest BCUT2D eigenvalue weighted by Crippen LogP contribution is -1.93. The van der Waals surface area contributed by atoms with Crippen molar-refractivity contribution < 1.29 is 0 Å². The zero-order chi connectivity index (χ0) is 12.3. The van der Waals surface area contributed by atoms with Crippen molar-refractivity contribution in [1.29, 1.82) is 0 Å². The first kappa shape index (κ1) is 10.2. The third kappa shape index (κ3) is 1.12. The summed E-state index contributed by atoms with van der Waals surface area (Å²) < 4.78 is 0. The highest BCUT2D eigenvalue weighted by Gasteiger charge is 2.21. The van der Waals surface area contributed by atoms with E-state index in [2.05, 4.69) is 43.1 Å². The maximum Gasteiger partial charge on any atom is 0.0500 e. The summed E-state index contributed by atoms with van der Waals surface area (Å²) in [5.41, 5.74) is 8.78. The van der Waals surface area contributed by atoms with Crippen molar-refractivity contribution in [2.45, 2.75) is 33.1 Å². The Morgan fingerprint density at radius 2 is 1.72 bits per heavy atom. The van der Waals surface area contributed by atoms with E-state index in [-0.39, 0.29) is 0 Å². The number of rotatable bonds is 0. The summed E-state index contributed by atoms with van der Waals surface area (Å²) in [4.78, 5) is 3.62. The fourth-order valence-electron chi connectivity index (χ4n) is 3.58. The minimum absolute atomic E-state index is 1.24. The molecule has 1 aliphatic carbocycles. The summed E-state index contributed by atoms with van der Waals surface area (Å²) in [5, 5.41) is 2.88. The van der Waals surface area contributed by atoms with Crippen molar-refractivity contribution in [2.24, 2.45) is 0 Å². The van der Waals surface area contributed by atoms with Gasteiger partial charge in [-0.3, -0.25) is 0 Å². The quantitative estimate of drug-likeness (QED) is 0.593. The van der Waals surface area contributed by atoms with E-state index in [9.17, 15) is 0 Å². The van der Waals surface area contributed by atoms with E-state index in [0.717, 1.165) is 0 Å². The Morgan fingerprint density at radius 1 is 0.944 bits per heavy atom. The van der Waals surface area contributed by atoms with E-state index in [1.165, 1.54) is 52.2 Å². The first-order valence-electron chi connectivity index (χ1n) is 6.78. The number of para-hydroxylation sites is 1. The molecule has 0 unspecified atom stereocenters. The molecule has 0 amide bonds. The second kappa shape index (κ2) is 3.38. The largest absolute Gasteiger partial charge is 0.354 e. The Kier molecular flexibility index (Phi) is 1.91. The van der Waals surface area contributed by atoms with Crippen molar-refractivity contribution in [3.63, 3.8) is 0 Å². The van der Waals surface area contributed by atoms with Crippen molar-refractivity contribution in [3.05, 3.63) is 46.5 Å². The van der Waals surface area contributed by atoms with Crippen LogP contribution in [0.3, 0.4) is 0 Å². The molecule has 0 atom stereocenters. The molecule has 1 heteroatoms. The van der Waals surface area contributed by atoms with Gasteiger partial charge in [0.2, 0.25) is 0 Å². The number of aryl methyl sites for hydroxylation is 2. The van der Waals surface area contributed by atoms with Crippen LogP contribution in [0.25, 0.3) is 21.8 Å². The Bertz CT molecular complexity index is 777. The molecule has 1 aromatic heterocycles. The van der Waals surface area contributed by atoms with Crippen molar-refractivity contribution >= 4 is 21.8 Å². The molecule has 0 bridgehead atoms. The Hall–Kier alpha value is -1.76. The summed E-state index contributed by atoms with van der Waals surface area (Å²) in [6.07, 6.45) is 3.82. The van der Waals surface area contributed by atoms with Crippen molar-refractivity contribution in [1.82, 2.24) is 4.98 Å². The van der Waals surface area contributed by atoms with Crippen LogP contribution >= 0.6 is 0 Å². The molecule has 90 valence electrons. The van der Waals surface area contributed by atoms with Crippen molar-refractivity contribution in [3.8, 4) is 0 Å². The van der Waals surface area contributed by atoms with Crippen LogP contribution in [0.4, 0.5) is 0 Å². The zero-order valence-corrected chi connectivity index (χ0v) is 10.9. The van der Waals surface area contributed by atoms with Gasteiger partial charge in [-0.1, -0.05) is 18.2 Å². The van der Waals surface area contributed by atoms with E-state index < -0.39 is 0 Å². The van der Waals surface area contributed by atoms with Crippen LogP contribution in [0, 0.1) is 13.8 Å². The van der Waals surface area contributed by atoms with Gasteiger partial charge in [0.05, 0.1) is 0 Å². The first-order valence-corrected chi connectivity index (χ1v) is 6.78. The van der Waals surface area contributed by atoms with Crippen LogP contribution in [-0.4, -0.2) is 4.98 Å². The number of fused-ring (bicyclic) bond motifs is 5. The average Bonchev–Trinajstić information content (AvgIpc) is 2.99. The Labute approximate surface area is 107 Å². The molecule has 0 fully saturated rings. The van der Waals surface area contributed by atoms with Crippen LogP contribution in [0.15, 0.2) is 24.3 Å². The number of hydrogen-bond donors (Lipinski definition) is 1. The third-order valence-electron chi connectivity index (χ3n) is 4.62. The molecular formula is C17H17N. The fraction of sp³-hybridized carbons (Fsp3) is 0.294. The molecule has 1 nitrogen and oxygen atoms in total. The SMILES string of the molecule is Cc1c2c(c3c([nH]c4ccccc43)c1C)CCC2. The number of benzene rings is 2. The van der Waals surface area contributed by atoms with Gasteiger partial charge in [0.15, 0.2) is 0 Å². The van der Waals surface area contributed by atoms with E-state index in [1.807, 2.05) is 0 Å². The fourth-order valence-corrected chi connectivity index (χ4v) is 3.58. The van der Waals surface area contributed by atoms with Gasteiger partial charge in [-0.15, -0.1) is 0 Å². The maximum atomic E-state index is 3.62. The van der Waals surface area contributed by atoms with Gasteiger partial charge in [0.1, 0.15) is 0 Å². The third-order valence-corrected chi connectivity index (χ3v) is 4.62. The topological polar surface area (TPSA) is 15.8 Å². The van der Waals surface area contributed by atoms with Gasteiger partial charge in [-0.25, -0.2) is 0 Å². The average molecular weight is 235 g/mol. The molecule has 4 rings (SSSR count). The molecule has 0 saturated heterocycles. The minimum Gasteiger partial charge on any atom is -0.354 e. The predicted octanol–water partition coefficient (Wildman–Crippen LogP) is 4.43. The molecule has 1 N–H and O–H groups in total. The van der Waals surface area contributed by atoms with E-state index in [0.29, 0.717) is 0 Å². The predicted molar refractivity (Wildman–Crippen MR) is 77.3 cm³/mol. The molecule has 18 heavy (non-hydrogen) atoms. The highest BCUT2D eigenvalue weighted by molar-refractivity contribution is 6.10. The summed E-state index contributed by atoms with van der Waals surface area (Å²) >= 11 is 0. The highest BCUT2D eigenvalue weighted by Crippen LogP contribution is 2.39. The normalized spacial score (nSPS) is 14.6. The summed E-state index contributed by atoms with van der Waals surface area (Å²) in [7, 11) is 0. The standard InChI is InChI=1S/C17H17N/c1-10-11(2)17-16(13-8-5-7-12(10)13)14-6-3-4-9-15(14)18-17/h3-4,6,9,18H,5,7-8H2,1-2H3. The minimum atomic E-state index is 1.24. The molecule has 1 heterocycles. The number of H-pyrrole nitrogens is 1. The van der Waals surface area contributed by atoms with Gasteiger partial charge in [0.25, 0.3) is 0 Å². The van der Waals surface area contributed by atoms with Crippen LogP contribution in [0.5, 0.6) is 0 Å². The molecular weight excluding hydrogens is 218 g/mol. The number of aromatic nitrogens is 1. The summed E-state index contributed by atoms with van der Waals surface area (Å²) in [5.74, 6) is 0. The lowest BCUT2D eigenvalue weighted by Gasteiger charge is -2.10. The van der Waals surface area contributed by atoms with E-state index in [4.69, 9.17) is 0 Å². The van der Waals surface area contributed by atoms with Gasteiger partial charge in [-0.2, -0.15) is 0 Å². The van der Waals surface area contributed by atoms with Gasteiger partial charge < -0.3 is 4.98 Å². The van der Waals surface area contributed by atoms with Crippen LogP contribution in [0.2, 0.25) is 0 Å². The lowest BCUT2D eigenvalue weighted by molar-refractivity contribution is 0.910. The van der Waals surface area contributed by atoms with Gasteiger partial charge in [-0.05, 0) is 61.4 Å². The van der Waals surface area contributed by atoms with Crippen LogP contribution in [0.1, 0.15) is 28.7 Å². The Morgan fingerprint density at radius 3 is 2.61 bits per heavy atom. The molecule has 1 aliphatic rings. The maximum absolute atomic E-state index is 3.62. The van der Waals surface area contributed by atoms with Crippen molar-refractivity contribution in [2.75, 3.05) is 0 Å². The van der Waals surface area contributed by atoms with Gasteiger partial charge in [0, 0.05) is 21.8 Å². The molecule has 3 aromatic rings. The zero-order valence-electron chi connectivity index (χ0n) is 10.9. The van der Waals surface area contributed by atoms with E-state index in [1.54, 1.807) is 11.1 Å². The molecule has 0 spiro atoms. The van der Waals surface area contributed by atoms with E-state index >= 15 is 0 Å². The molecule has 0 saturated carbocycles. The lowest BCUT2D eigenvalue weighted by atomic mass is 9.94. The molecule has 0 radical (unpaired) electrons. The Balaban J connectivity index is 2.32. The summed E-state index contributed by atoms with van der Waals surface area (Å²) in [6, 6.07) is 8.69. The highest BCUT2D eigenvalue weighted by atomic mass is 14.7. The first-order chi connectivity index (χ1) is 8.77. The number of nitrogens with one attached hydrogen (secondary N) is 1. The number of aromatic amines is 1. The second-order valence-electron chi connectivity index (χ2n) is 5.48.